The molecule has 4 heteroatoms. The lowest BCUT2D eigenvalue weighted by atomic mass is 9.76. The Morgan fingerprint density at radius 3 is 3.11 bits per heavy atom. The number of nitrogens with one attached hydrogen (secondary N) is 1. The number of fused-ring (bicyclic) bond motifs is 1. The van der Waals surface area contributed by atoms with Crippen molar-refractivity contribution in [2.45, 2.75) is 31.8 Å². The minimum Gasteiger partial charge on any atom is -0.490 e. The van der Waals surface area contributed by atoms with Crippen LogP contribution in [0.4, 0.5) is 4.39 Å². The first-order valence-corrected chi connectivity index (χ1v) is 6.97. The van der Waals surface area contributed by atoms with E-state index in [2.05, 4.69) is 5.32 Å². The van der Waals surface area contributed by atoms with Crippen molar-refractivity contribution < 1.29 is 14.2 Å². The van der Waals surface area contributed by atoms with Crippen LogP contribution in [0.1, 0.15) is 24.8 Å². The first kappa shape index (κ1) is 12.9. The topological polar surface area (TPSA) is 41.5 Å². The van der Waals surface area contributed by atoms with Crippen molar-refractivity contribution in [2.24, 2.45) is 5.41 Å². The molecule has 0 saturated carbocycles. The summed E-state index contributed by atoms with van der Waals surface area (Å²) >= 11 is 0. The smallest absolute Gasteiger partial charge is 0.123 e. The zero-order valence-corrected chi connectivity index (χ0v) is 11.0. The van der Waals surface area contributed by atoms with Gasteiger partial charge in [-0.3, -0.25) is 0 Å². The van der Waals surface area contributed by atoms with E-state index in [0.29, 0.717) is 0 Å². The van der Waals surface area contributed by atoms with E-state index in [9.17, 15) is 9.50 Å². The molecule has 0 amide bonds. The maximum absolute atomic E-state index is 13.2. The van der Waals surface area contributed by atoms with Crippen LogP contribution in [0.5, 0.6) is 5.75 Å². The lowest BCUT2D eigenvalue weighted by molar-refractivity contribution is 0.0475. The Balaban J connectivity index is 1.69. The number of halogens is 1. The molecule has 2 heterocycles. The fourth-order valence-electron chi connectivity index (χ4n) is 3.29. The van der Waals surface area contributed by atoms with Gasteiger partial charge >= 0.3 is 0 Å². The Labute approximate surface area is 112 Å². The Hall–Kier alpha value is -1.13. The minimum atomic E-state index is -0.209. The second kappa shape index (κ2) is 5.10. The molecule has 2 atom stereocenters. The maximum atomic E-state index is 13.2. The molecule has 0 aliphatic carbocycles. The molecule has 1 aromatic rings. The van der Waals surface area contributed by atoms with E-state index < -0.39 is 0 Å². The van der Waals surface area contributed by atoms with Gasteiger partial charge in [0.1, 0.15) is 17.7 Å². The van der Waals surface area contributed by atoms with Gasteiger partial charge in [-0.2, -0.15) is 0 Å². The zero-order chi connectivity index (χ0) is 13.3. The van der Waals surface area contributed by atoms with Crippen LogP contribution in [-0.4, -0.2) is 30.9 Å². The lowest BCUT2D eigenvalue weighted by Gasteiger charge is -2.37. The molecule has 0 radical (unpaired) electrons. The Kier molecular flexibility index (Phi) is 3.46. The molecule has 0 bridgehead atoms. The lowest BCUT2D eigenvalue weighted by Crippen LogP contribution is -2.45. The quantitative estimate of drug-likeness (QED) is 0.877. The minimum absolute atomic E-state index is 0.0591. The van der Waals surface area contributed by atoms with Gasteiger partial charge in [0.25, 0.3) is 0 Å². The molecule has 0 spiro atoms. The predicted octanol–water partition coefficient (Wildman–Crippen LogP) is 1.88. The van der Waals surface area contributed by atoms with Crippen LogP contribution in [0.3, 0.4) is 0 Å². The number of rotatable bonds is 3. The van der Waals surface area contributed by atoms with E-state index in [1.165, 1.54) is 6.07 Å². The highest BCUT2D eigenvalue weighted by molar-refractivity contribution is 5.37. The number of aliphatic hydroxyl groups is 1. The second-order valence-corrected chi connectivity index (χ2v) is 5.84. The van der Waals surface area contributed by atoms with Gasteiger partial charge in [0, 0.05) is 23.9 Å². The van der Waals surface area contributed by atoms with Crippen LogP contribution in [0.2, 0.25) is 0 Å². The third-order valence-electron chi connectivity index (χ3n) is 4.32. The molecular weight excluding hydrogens is 245 g/mol. The molecule has 2 N–H and O–H groups in total. The summed E-state index contributed by atoms with van der Waals surface area (Å²) in [5, 5.41) is 13.1. The van der Waals surface area contributed by atoms with Crippen molar-refractivity contribution in [3.63, 3.8) is 0 Å². The summed E-state index contributed by atoms with van der Waals surface area (Å²) in [4.78, 5) is 0. The van der Waals surface area contributed by atoms with Crippen molar-refractivity contribution in [3.05, 3.63) is 29.6 Å². The average Bonchev–Trinajstić information content (AvgIpc) is 2.81. The van der Waals surface area contributed by atoms with Crippen LogP contribution < -0.4 is 10.1 Å². The van der Waals surface area contributed by atoms with Gasteiger partial charge in [-0.1, -0.05) is 0 Å². The highest BCUT2D eigenvalue weighted by Gasteiger charge is 2.37. The SMILES string of the molecule is OCC1(CC2Cc3cc(F)ccc3O2)CCCNC1. The standard InChI is InChI=1S/C15H20FNO2/c16-12-2-3-14-11(6-12)7-13(19-14)8-15(10-18)4-1-5-17-9-15/h2-3,6,13,17-18H,1,4-5,7-10H2. The van der Waals surface area contributed by atoms with Crippen LogP contribution >= 0.6 is 0 Å². The third-order valence-corrected chi connectivity index (χ3v) is 4.32. The molecule has 0 aromatic heterocycles. The molecule has 104 valence electrons. The molecule has 1 fully saturated rings. The van der Waals surface area contributed by atoms with Gasteiger partial charge in [0.05, 0.1) is 6.61 Å². The molecule has 1 aromatic carbocycles. The molecular formula is C15H20FNO2. The van der Waals surface area contributed by atoms with Gasteiger partial charge in [-0.05, 0) is 44.0 Å². The van der Waals surface area contributed by atoms with E-state index in [4.69, 9.17) is 4.74 Å². The van der Waals surface area contributed by atoms with E-state index in [1.807, 2.05) is 0 Å². The molecule has 2 unspecified atom stereocenters. The molecule has 1 saturated heterocycles. The van der Waals surface area contributed by atoms with Gasteiger partial charge in [-0.15, -0.1) is 0 Å². The fourth-order valence-corrected chi connectivity index (χ4v) is 3.29. The first-order valence-electron chi connectivity index (χ1n) is 6.97. The van der Waals surface area contributed by atoms with Crippen LogP contribution in [0.15, 0.2) is 18.2 Å². The van der Waals surface area contributed by atoms with Crippen molar-refractivity contribution in [3.8, 4) is 5.75 Å². The molecule has 19 heavy (non-hydrogen) atoms. The molecule has 2 aliphatic heterocycles. The Morgan fingerprint density at radius 1 is 1.47 bits per heavy atom. The van der Waals surface area contributed by atoms with E-state index >= 15 is 0 Å². The summed E-state index contributed by atoms with van der Waals surface area (Å²) in [7, 11) is 0. The highest BCUT2D eigenvalue weighted by atomic mass is 19.1. The molecule has 3 nitrogen and oxygen atoms in total. The number of hydrogen-bond donors (Lipinski definition) is 2. The second-order valence-electron chi connectivity index (χ2n) is 5.84. The number of piperidine rings is 1. The number of benzene rings is 1. The van der Waals surface area contributed by atoms with E-state index in [0.717, 1.165) is 50.1 Å². The van der Waals surface area contributed by atoms with Gasteiger partial charge in [0.2, 0.25) is 0 Å². The van der Waals surface area contributed by atoms with Crippen molar-refractivity contribution >= 4 is 0 Å². The van der Waals surface area contributed by atoms with E-state index in [1.54, 1.807) is 12.1 Å². The molecule has 3 rings (SSSR count). The van der Waals surface area contributed by atoms with Gasteiger partial charge in [0.15, 0.2) is 0 Å². The monoisotopic (exact) mass is 265 g/mol. The van der Waals surface area contributed by atoms with Crippen LogP contribution in [0.25, 0.3) is 0 Å². The third kappa shape index (κ3) is 2.60. The molecule has 2 aliphatic rings. The predicted molar refractivity (Wildman–Crippen MR) is 70.8 cm³/mol. The largest absolute Gasteiger partial charge is 0.490 e. The summed E-state index contributed by atoms with van der Waals surface area (Å²) in [5.41, 5.74) is 0.866. The summed E-state index contributed by atoms with van der Waals surface area (Å²) in [6.07, 6.45) is 3.75. The summed E-state index contributed by atoms with van der Waals surface area (Å²) < 4.78 is 19.1. The highest BCUT2D eigenvalue weighted by Crippen LogP contribution is 2.37. The average molecular weight is 265 g/mol. The van der Waals surface area contributed by atoms with Crippen molar-refractivity contribution in [1.29, 1.82) is 0 Å². The van der Waals surface area contributed by atoms with Gasteiger partial charge in [-0.25, -0.2) is 4.39 Å². The van der Waals surface area contributed by atoms with Gasteiger partial charge < -0.3 is 15.2 Å². The van der Waals surface area contributed by atoms with Crippen molar-refractivity contribution in [2.75, 3.05) is 19.7 Å². The zero-order valence-electron chi connectivity index (χ0n) is 11.0. The van der Waals surface area contributed by atoms with Crippen LogP contribution in [0, 0.1) is 11.2 Å². The summed E-state index contributed by atoms with van der Waals surface area (Å²) in [6.45, 7) is 2.05. The number of ether oxygens (including phenoxy) is 1. The Morgan fingerprint density at radius 2 is 2.37 bits per heavy atom. The maximum Gasteiger partial charge on any atom is 0.123 e. The summed E-state index contributed by atoms with van der Waals surface area (Å²) in [6, 6.07) is 4.70. The Bertz CT molecular complexity index is 457. The number of aliphatic hydroxyl groups excluding tert-OH is 1. The summed E-state index contributed by atoms with van der Waals surface area (Å²) in [5.74, 6) is 0.586. The normalized spacial score (nSPS) is 29.9. The van der Waals surface area contributed by atoms with E-state index in [-0.39, 0.29) is 23.9 Å². The van der Waals surface area contributed by atoms with Crippen LogP contribution in [-0.2, 0) is 6.42 Å². The number of hydrogen-bond acceptors (Lipinski definition) is 3. The fraction of sp³-hybridized carbons (Fsp3) is 0.600. The first-order chi connectivity index (χ1) is 9.21. The van der Waals surface area contributed by atoms with Crippen molar-refractivity contribution in [1.82, 2.24) is 5.32 Å².